The van der Waals surface area contributed by atoms with Gasteiger partial charge in [0.25, 0.3) is 0 Å². The Morgan fingerprint density at radius 1 is 1.28 bits per heavy atom. The van der Waals surface area contributed by atoms with Crippen molar-refractivity contribution in [2.45, 2.75) is 33.2 Å². The quantitative estimate of drug-likeness (QED) is 0.892. The summed E-state index contributed by atoms with van der Waals surface area (Å²) in [6, 6.07) is 1.51. The topological polar surface area (TPSA) is 75.1 Å². The first kappa shape index (κ1) is 15.0. The van der Waals surface area contributed by atoms with Crippen LogP contribution in [0.2, 0.25) is 10.3 Å². The van der Waals surface area contributed by atoms with E-state index in [1.807, 2.05) is 0 Å². The fourth-order valence-electron chi connectivity index (χ4n) is 1.20. The number of carboxylic acid groups (broad SMARTS) is 1. The third-order valence-electron chi connectivity index (χ3n) is 3.26. The standard InChI is InChI=1S/C11H15Cl2N3O2/c1-10(2,9(17)18)11(3,4)14-6-5-7(12)15-16-8(6)13/h5H,1-4H3,(H,14,15)(H,17,18). The van der Waals surface area contributed by atoms with Crippen molar-refractivity contribution in [3.05, 3.63) is 16.4 Å². The maximum atomic E-state index is 11.3. The zero-order valence-corrected chi connectivity index (χ0v) is 12.1. The van der Waals surface area contributed by atoms with Crippen molar-refractivity contribution in [2.75, 3.05) is 5.32 Å². The molecule has 0 bridgehead atoms. The molecule has 1 heterocycles. The summed E-state index contributed by atoms with van der Waals surface area (Å²) < 4.78 is 0. The second-order valence-corrected chi connectivity index (χ2v) is 5.80. The first-order valence-corrected chi connectivity index (χ1v) is 6.04. The van der Waals surface area contributed by atoms with Crippen molar-refractivity contribution in [1.29, 1.82) is 0 Å². The highest BCUT2D eigenvalue weighted by Crippen LogP contribution is 2.35. The van der Waals surface area contributed by atoms with E-state index < -0.39 is 16.9 Å². The minimum Gasteiger partial charge on any atom is -0.481 e. The molecule has 0 amide bonds. The molecule has 1 rings (SSSR count). The lowest BCUT2D eigenvalue weighted by Crippen LogP contribution is -2.50. The fraction of sp³-hybridized carbons (Fsp3) is 0.545. The van der Waals surface area contributed by atoms with Crippen molar-refractivity contribution >= 4 is 34.9 Å². The molecule has 5 nitrogen and oxygen atoms in total. The van der Waals surface area contributed by atoms with Gasteiger partial charge in [0, 0.05) is 11.6 Å². The van der Waals surface area contributed by atoms with Gasteiger partial charge in [-0.2, -0.15) is 0 Å². The van der Waals surface area contributed by atoms with Gasteiger partial charge in [-0.25, -0.2) is 0 Å². The van der Waals surface area contributed by atoms with E-state index in [4.69, 9.17) is 23.2 Å². The lowest BCUT2D eigenvalue weighted by atomic mass is 9.74. The lowest BCUT2D eigenvalue weighted by Gasteiger charge is -2.39. The van der Waals surface area contributed by atoms with Crippen molar-refractivity contribution < 1.29 is 9.90 Å². The Hall–Kier alpha value is -1.07. The molecule has 0 unspecified atom stereocenters. The molecule has 0 spiro atoms. The lowest BCUT2D eigenvalue weighted by molar-refractivity contribution is -0.149. The summed E-state index contributed by atoms with van der Waals surface area (Å²) in [5.74, 6) is -0.913. The maximum Gasteiger partial charge on any atom is 0.311 e. The van der Waals surface area contributed by atoms with Crippen LogP contribution in [0.25, 0.3) is 0 Å². The van der Waals surface area contributed by atoms with E-state index >= 15 is 0 Å². The van der Waals surface area contributed by atoms with Gasteiger partial charge in [0.15, 0.2) is 10.3 Å². The molecule has 0 aliphatic rings. The molecule has 100 valence electrons. The summed E-state index contributed by atoms with van der Waals surface area (Å²) in [4.78, 5) is 11.3. The predicted molar refractivity (Wildman–Crippen MR) is 71.2 cm³/mol. The summed E-state index contributed by atoms with van der Waals surface area (Å²) >= 11 is 11.6. The molecule has 0 aliphatic heterocycles. The van der Waals surface area contributed by atoms with Gasteiger partial charge in [-0.15, -0.1) is 10.2 Å². The van der Waals surface area contributed by atoms with Gasteiger partial charge in [0.2, 0.25) is 0 Å². The van der Waals surface area contributed by atoms with Crippen LogP contribution >= 0.6 is 23.2 Å². The molecule has 0 fully saturated rings. The average molecular weight is 292 g/mol. The van der Waals surface area contributed by atoms with Gasteiger partial charge >= 0.3 is 5.97 Å². The molecule has 18 heavy (non-hydrogen) atoms. The third-order valence-corrected chi connectivity index (χ3v) is 3.73. The Morgan fingerprint density at radius 2 is 1.83 bits per heavy atom. The number of nitrogens with zero attached hydrogens (tertiary/aromatic N) is 2. The van der Waals surface area contributed by atoms with E-state index in [9.17, 15) is 9.90 Å². The second kappa shape index (κ2) is 4.90. The molecule has 1 aromatic rings. The Labute approximate surface area is 116 Å². The molecule has 7 heteroatoms. The molecule has 0 atom stereocenters. The number of rotatable bonds is 4. The van der Waals surface area contributed by atoms with Gasteiger partial charge < -0.3 is 10.4 Å². The van der Waals surface area contributed by atoms with Gasteiger partial charge in [0.05, 0.1) is 11.1 Å². The van der Waals surface area contributed by atoms with Crippen LogP contribution in [0.4, 0.5) is 5.69 Å². The largest absolute Gasteiger partial charge is 0.481 e. The minimum absolute atomic E-state index is 0.147. The highest BCUT2D eigenvalue weighted by atomic mass is 35.5. The minimum atomic E-state index is -1.01. The van der Waals surface area contributed by atoms with Crippen LogP contribution in [0, 0.1) is 5.41 Å². The smallest absolute Gasteiger partial charge is 0.311 e. The third kappa shape index (κ3) is 2.84. The normalized spacial score (nSPS) is 12.3. The van der Waals surface area contributed by atoms with Crippen molar-refractivity contribution in [1.82, 2.24) is 10.2 Å². The molecular formula is C11H15Cl2N3O2. The van der Waals surface area contributed by atoms with Gasteiger partial charge in [-0.3, -0.25) is 4.79 Å². The van der Waals surface area contributed by atoms with Crippen molar-refractivity contribution in [2.24, 2.45) is 5.41 Å². The van der Waals surface area contributed by atoms with Crippen LogP contribution in [-0.2, 0) is 4.79 Å². The number of carbonyl (C=O) groups is 1. The van der Waals surface area contributed by atoms with Crippen LogP contribution in [-0.4, -0.2) is 26.8 Å². The van der Waals surface area contributed by atoms with Crippen LogP contribution in [0.5, 0.6) is 0 Å². The predicted octanol–water partition coefficient (Wildman–Crippen LogP) is 3.08. The Bertz CT molecular complexity index is 475. The van der Waals surface area contributed by atoms with E-state index in [2.05, 4.69) is 15.5 Å². The number of anilines is 1. The number of nitrogens with one attached hydrogen (secondary N) is 1. The monoisotopic (exact) mass is 291 g/mol. The highest BCUT2D eigenvalue weighted by molar-refractivity contribution is 6.33. The number of hydrogen-bond acceptors (Lipinski definition) is 4. The number of aliphatic carboxylic acids is 1. The van der Waals surface area contributed by atoms with Crippen molar-refractivity contribution in [3.8, 4) is 0 Å². The summed E-state index contributed by atoms with van der Waals surface area (Å²) in [6.07, 6.45) is 0. The molecule has 0 saturated carbocycles. The average Bonchev–Trinajstić information content (AvgIpc) is 2.22. The van der Waals surface area contributed by atoms with E-state index in [0.29, 0.717) is 5.69 Å². The van der Waals surface area contributed by atoms with Gasteiger partial charge in [-0.05, 0) is 27.7 Å². The van der Waals surface area contributed by atoms with Crippen LogP contribution in [0.1, 0.15) is 27.7 Å². The molecule has 0 aliphatic carbocycles. The summed E-state index contributed by atoms with van der Waals surface area (Å²) in [7, 11) is 0. The Morgan fingerprint density at radius 3 is 2.33 bits per heavy atom. The van der Waals surface area contributed by atoms with Crippen molar-refractivity contribution in [3.63, 3.8) is 0 Å². The zero-order chi connectivity index (χ0) is 14.1. The van der Waals surface area contributed by atoms with E-state index in [1.165, 1.54) is 6.07 Å². The van der Waals surface area contributed by atoms with E-state index in [-0.39, 0.29) is 10.3 Å². The number of aromatic nitrogens is 2. The second-order valence-electron chi connectivity index (χ2n) is 5.05. The first-order chi connectivity index (χ1) is 8.08. The summed E-state index contributed by atoms with van der Waals surface area (Å²) in [5.41, 5.74) is -1.31. The first-order valence-electron chi connectivity index (χ1n) is 5.28. The molecule has 0 radical (unpaired) electrons. The molecule has 0 saturated heterocycles. The van der Waals surface area contributed by atoms with Gasteiger partial charge in [-0.1, -0.05) is 23.2 Å². The van der Waals surface area contributed by atoms with Gasteiger partial charge in [0.1, 0.15) is 0 Å². The summed E-state index contributed by atoms with van der Waals surface area (Å²) in [5, 5.41) is 19.9. The van der Waals surface area contributed by atoms with Crippen LogP contribution in [0.3, 0.4) is 0 Å². The maximum absolute atomic E-state index is 11.3. The van der Waals surface area contributed by atoms with E-state index in [0.717, 1.165) is 0 Å². The summed E-state index contributed by atoms with van der Waals surface area (Å²) in [6.45, 7) is 6.80. The number of hydrogen-bond donors (Lipinski definition) is 2. The fourth-order valence-corrected chi connectivity index (χ4v) is 1.49. The van der Waals surface area contributed by atoms with Crippen LogP contribution < -0.4 is 5.32 Å². The van der Waals surface area contributed by atoms with E-state index in [1.54, 1.807) is 27.7 Å². The van der Waals surface area contributed by atoms with Crippen LogP contribution in [0.15, 0.2) is 6.07 Å². The molecule has 0 aromatic carbocycles. The highest BCUT2D eigenvalue weighted by Gasteiger charge is 2.43. The SMILES string of the molecule is CC(C)(Nc1cc(Cl)nnc1Cl)C(C)(C)C(=O)O. The molecule has 1 aromatic heterocycles. The Kier molecular flexibility index (Phi) is 4.08. The molecule has 2 N–H and O–H groups in total. The Balaban J connectivity index is 3.09. The zero-order valence-electron chi connectivity index (χ0n) is 10.6. The number of carboxylic acids is 1. The molecular weight excluding hydrogens is 277 g/mol. The number of halogens is 2.